The van der Waals surface area contributed by atoms with Gasteiger partial charge in [-0.1, -0.05) is 65.8 Å². The number of hydrogen-bond acceptors (Lipinski definition) is 5. The van der Waals surface area contributed by atoms with Crippen LogP contribution in [0.5, 0.6) is 0 Å². The molecule has 0 fully saturated rings. The van der Waals surface area contributed by atoms with Crippen molar-refractivity contribution in [3.63, 3.8) is 0 Å². The highest BCUT2D eigenvalue weighted by molar-refractivity contribution is 8.01. The first kappa shape index (κ1) is 21.6. The van der Waals surface area contributed by atoms with Crippen molar-refractivity contribution in [1.82, 2.24) is 10.1 Å². The van der Waals surface area contributed by atoms with E-state index in [1.165, 1.54) is 11.8 Å². The van der Waals surface area contributed by atoms with E-state index in [2.05, 4.69) is 10.5 Å². The maximum absolute atomic E-state index is 13.0. The molecule has 156 valence electrons. The largest absolute Gasteiger partial charge is 0.360 e. The molecular formula is C23H25N3O3S. The first-order valence-corrected chi connectivity index (χ1v) is 10.8. The van der Waals surface area contributed by atoms with Gasteiger partial charge in [-0.15, -0.1) is 11.8 Å². The summed E-state index contributed by atoms with van der Waals surface area (Å²) < 4.78 is 4.96. The normalized spacial score (nSPS) is 11.7. The van der Waals surface area contributed by atoms with Crippen molar-refractivity contribution in [2.75, 3.05) is 11.1 Å². The summed E-state index contributed by atoms with van der Waals surface area (Å²) in [5.74, 6) is 0.999. The Morgan fingerprint density at radius 3 is 2.10 bits per heavy atom. The second kappa shape index (κ2) is 10.6. The van der Waals surface area contributed by atoms with Gasteiger partial charge in [0.15, 0.2) is 5.82 Å². The van der Waals surface area contributed by atoms with Crippen molar-refractivity contribution in [3.8, 4) is 0 Å². The number of carbonyl (C=O) groups is 2. The quantitative estimate of drug-likeness (QED) is 0.556. The zero-order valence-corrected chi connectivity index (χ0v) is 17.9. The van der Waals surface area contributed by atoms with Crippen LogP contribution in [-0.2, 0) is 22.7 Å². The van der Waals surface area contributed by atoms with Crippen LogP contribution in [0.15, 0.2) is 71.3 Å². The molecule has 0 bridgehead atoms. The Morgan fingerprint density at radius 1 is 1.03 bits per heavy atom. The van der Waals surface area contributed by atoms with Gasteiger partial charge in [0.1, 0.15) is 5.76 Å². The number of benzene rings is 2. The van der Waals surface area contributed by atoms with E-state index >= 15 is 0 Å². The minimum Gasteiger partial charge on any atom is -0.360 e. The highest BCUT2D eigenvalue weighted by Gasteiger charge is 2.20. The molecule has 1 heterocycles. The molecule has 1 atom stereocenters. The summed E-state index contributed by atoms with van der Waals surface area (Å²) in [6, 6.07) is 21.5. The lowest BCUT2D eigenvalue weighted by molar-refractivity contribution is -0.129. The fourth-order valence-electron chi connectivity index (χ4n) is 2.86. The number of aryl methyl sites for hydroxylation is 1. The van der Waals surface area contributed by atoms with Gasteiger partial charge in [-0.25, -0.2) is 0 Å². The molecule has 0 radical (unpaired) electrons. The molecule has 0 spiro atoms. The summed E-state index contributed by atoms with van der Waals surface area (Å²) in [7, 11) is 0. The van der Waals surface area contributed by atoms with Crippen LogP contribution in [0.25, 0.3) is 0 Å². The first-order chi connectivity index (χ1) is 14.5. The van der Waals surface area contributed by atoms with Crippen molar-refractivity contribution in [1.29, 1.82) is 0 Å². The number of nitrogens with one attached hydrogen (secondary N) is 1. The summed E-state index contributed by atoms with van der Waals surface area (Å²) in [6.07, 6.45) is 0. The molecule has 6 nitrogen and oxygen atoms in total. The summed E-state index contributed by atoms with van der Waals surface area (Å²) in [5, 5.41) is 6.07. The van der Waals surface area contributed by atoms with Crippen LogP contribution in [0.4, 0.5) is 5.82 Å². The predicted molar refractivity (Wildman–Crippen MR) is 119 cm³/mol. The lowest BCUT2D eigenvalue weighted by Gasteiger charge is -2.23. The Labute approximate surface area is 180 Å². The number of aromatic nitrogens is 1. The number of thioether (sulfide) groups is 1. The number of carbonyl (C=O) groups excluding carboxylic acids is 2. The number of nitrogens with zero attached hydrogens (tertiary/aromatic N) is 2. The van der Waals surface area contributed by atoms with E-state index in [1.54, 1.807) is 19.9 Å². The van der Waals surface area contributed by atoms with Crippen LogP contribution in [0.1, 0.15) is 23.8 Å². The molecule has 1 unspecified atom stereocenters. The number of rotatable bonds is 9. The van der Waals surface area contributed by atoms with Crippen molar-refractivity contribution in [2.24, 2.45) is 0 Å². The van der Waals surface area contributed by atoms with Crippen LogP contribution in [0.2, 0.25) is 0 Å². The summed E-state index contributed by atoms with van der Waals surface area (Å²) >= 11 is 1.31. The number of anilines is 1. The number of hydrogen-bond donors (Lipinski definition) is 1. The molecule has 0 aliphatic heterocycles. The van der Waals surface area contributed by atoms with Crippen LogP contribution < -0.4 is 5.32 Å². The zero-order chi connectivity index (χ0) is 21.3. The molecule has 3 aromatic rings. The highest BCUT2D eigenvalue weighted by atomic mass is 32.2. The maximum Gasteiger partial charge on any atom is 0.238 e. The zero-order valence-electron chi connectivity index (χ0n) is 17.1. The van der Waals surface area contributed by atoms with Crippen LogP contribution in [-0.4, -0.2) is 32.9 Å². The van der Waals surface area contributed by atoms with E-state index in [1.807, 2.05) is 65.6 Å². The van der Waals surface area contributed by atoms with Gasteiger partial charge < -0.3 is 14.7 Å². The van der Waals surface area contributed by atoms with E-state index in [0.29, 0.717) is 24.7 Å². The van der Waals surface area contributed by atoms with E-state index in [0.717, 1.165) is 11.1 Å². The lowest BCUT2D eigenvalue weighted by Crippen LogP contribution is -2.33. The fourth-order valence-corrected chi connectivity index (χ4v) is 3.64. The molecular weight excluding hydrogens is 398 g/mol. The topological polar surface area (TPSA) is 75.4 Å². The van der Waals surface area contributed by atoms with E-state index in [4.69, 9.17) is 4.52 Å². The highest BCUT2D eigenvalue weighted by Crippen LogP contribution is 2.17. The molecule has 2 aromatic carbocycles. The molecule has 30 heavy (non-hydrogen) atoms. The van der Waals surface area contributed by atoms with Gasteiger partial charge in [-0.05, 0) is 25.0 Å². The minimum absolute atomic E-state index is 0.00960. The second-order valence-corrected chi connectivity index (χ2v) is 8.32. The molecule has 2 amide bonds. The molecule has 1 N–H and O–H groups in total. The van der Waals surface area contributed by atoms with Gasteiger partial charge in [0.25, 0.3) is 0 Å². The molecule has 0 saturated heterocycles. The minimum atomic E-state index is -0.402. The standard InChI is InChI=1S/C23H25N3O3S/c1-17-13-21(25-29-17)24-23(28)18(2)30-16-22(27)26(14-19-9-5-3-6-10-19)15-20-11-7-4-8-12-20/h3-13,18H,14-16H2,1-2H3,(H,24,25,28). The first-order valence-electron chi connectivity index (χ1n) is 9.72. The average Bonchev–Trinajstić information content (AvgIpc) is 3.17. The van der Waals surface area contributed by atoms with Crippen LogP contribution in [0.3, 0.4) is 0 Å². The van der Waals surface area contributed by atoms with Gasteiger partial charge >= 0.3 is 0 Å². The SMILES string of the molecule is Cc1cc(NC(=O)C(C)SCC(=O)N(Cc2ccccc2)Cc2ccccc2)no1. The smallest absolute Gasteiger partial charge is 0.238 e. The van der Waals surface area contributed by atoms with Gasteiger partial charge in [0, 0.05) is 19.2 Å². The van der Waals surface area contributed by atoms with Crippen LogP contribution >= 0.6 is 11.8 Å². The average molecular weight is 424 g/mol. The van der Waals surface area contributed by atoms with Crippen molar-refractivity contribution < 1.29 is 14.1 Å². The van der Waals surface area contributed by atoms with E-state index in [-0.39, 0.29) is 17.6 Å². The second-order valence-electron chi connectivity index (χ2n) is 6.99. The lowest BCUT2D eigenvalue weighted by atomic mass is 10.1. The fraction of sp³-hybridized carbons (Fsp3) is 0.261. The monoisotopic (exact) mass is 423 g/mol. The van der Waals surface area contributed by atoms with Gasteiger partial charge in [-0.3, -0.25) is 9.59 Å². The molecule has 0 aliphatic carbocycles. The van der Waals surface area contributed by atoms with Crippen molar-refractivity contribution >= 4 is 29.4 Å². The molecule has 3 rings (SSSR count). The van der Waals surface area contributed by atoms with Gasteiger partial charge in [-0.2, -0.15) is 0 Å². The Bertz CT molecular complexity index is 919. The number of amides is 2. The molecule has 7 heteroatoms. The Balaban J connectivity index is 1.59. The molecule has 0 saturated carbocycles. The molecule has 0 aliphatic rings. The maximum atomic E-state index is 13.0. The van der Waals surface area contributed by atoms with Crippen molar-refractivity contribution in [2.45, 2.75) is 32.2 Å². The van der Waals surface area contributed by atoms with E-state index < -0.39 is 5.25 Å². The van der Waals surface area contributed by atoms with Crippen LogP contribution in [0, 0.1) is 6.92 Å². The van der Waals surface area contributed by atoms with Gasteiger partial charge in [0.05, 0.1) is 11.0 Å². The predicted octanol–water partition coefficient (Wildman–Crippen LogP) is 4.27. The third-order valence-corrected chi connectivity index (χ3v) is 5.62. The third-order valence-electron chi connectivity index (χ3n) is 4.49. The third kappa shape index (κ3) is 6.49. The Hall–Kier alpha value is -3.06. The Kier molecular flexibility index (Phi) is 7.68. The van der Waals surface area contributed by atoms with Crippen molar-refractivity contribution in [3.05, 3.63) is 83.6 Å². The molecule has 1 aromatic heterocycles. The summed E-state index contributed by atoms with van der Waals surface area (Å²) in [6.45, 7) is 4.58. The van der Waals surface area contributed by atoms with E-state index in [9.17, 15) is 9.59 Å². The summed E-state index contributed by atoms with van der Waals surface area (Å²) in [4.78, 5) is 27.2. The Morgan fingerprint density at radius 2 is 1.60 bits per heavy atom. The summed E-state index contributed by atoms with van der Waals surface area (Å²) in [5.41, 5.74) is 2.14. The van der Waals surface area contributed by atoms with Gasteiger partial charge in [0.2, 0.25) is 11.8 Å².